The number of carbonyl (C=O) groups is 2. The summed E-state index contributed by atoms with van der Waals surface area (Å²) < 4.78 is 5.63. The van der Waals surface area contributed by atoms with Crippen LogP contribution in [0.2, 0.25) is 0 Å². The molecule has 0 radical (unpaired) electrons. The average molecular weight is 265 g/mol. The van der Waals surface area contributed by atoms with Gasteiger partial charge in [0.2, 0.25) is 0 Å². The van der Waals surface area contributed by atoms with Crippen LogP contribution in [0.1, 0.15) is 25.8 Å². The summed E-state index contributed by atoms with van der Waals surface area (Å²) in [6, 6.07) is 6.45. The number of rotatable bonds is 6. The lowest BCUT2D eigenvalue weighted by Crippen LogP contribution is -2.45. The number of aliphatic carboxylic acids is 1. The minimum Gasteiger partial charge on any atom is -0.480 e. The lowest BCUT2D eigenvalue weighted by Gasteiger charge is -2.19. The molecular formula is C14H19NO4. The Morgan fingerprint density at radius 3 is 2.53 bits per heavy atom. The molecule has 2 N–H and O–H groups in total. The fourth-order valence-corrected chi connectivity index (χ4v) is 1.53. The van der Waals surface area contributed by atoms with Crippen molar-refractivity contribution in [3.8, 4) is 5.75 Å². The first-order valence-electron chi connectivity index (χ1n) is 6.21. The van der Waals surface area contributed by atoms with Crippen LogP contribution in [0, 0.1) is 6.92 Å². The maximum atomic E-state index is 11.9. The SMILES string of the molecule is CCC(Oc1ccccc1C)C(=O)N[C@@H](C)C(=O)O. The zero-order valence-electron chi connectivity index (χ0n) is 11.3. The molecule has 0 fully saturated rings. The zero-order valence-corrected chi connectivity index (χ0v) is 11.3. The molecule has 0 aliphatic rings. The molecule has 1 aromatic rings. The second-order valence-electron chi connectivity index (χ2n) is 4.35. The Morgan fingerprint density at radius 1 is 1.37 bits per heavy atom. The highest BCUT2D eigenvalue weighted by Gasteiger charge is 2.22. The number of amides is 1. The molecule has 0 saturated heterocycles. The van der Waals surface area contributed by atoms with Gasteiger partial charge in [0, 0.05) is 0 Å². The Balaban J connectivity index is 2.71. The molecule has 19 heavy (non-hydrogen) atoms. The third-order valence-corrected chi connectivity index (χ3v) is 2.76. The van der Waals surface area contributed by atoms with Crippen LogP contribution in [0.4, 0.5) is 0 Å². The predicted molar refractivity (Wildman–Crippen MR) is 71.1 cm³/mol. The Kier molecular flexibility index (Phi) is 5.36. The predicted octanol–water partition coefficient (Wildman–Crippen LogP) is 1.74. The maximum Gasteiger partial charge on any atom is 0.325 e. The highest BCUT2D eigenvalue weighted by Crippen LogP contribution is 2.18. The van der Waals surface area contributed by atoms with Crippen LogP contribution < -0.4 is 10.1 Å². The third-order valence-electron chi connectivity index (χ3n) is 2.76. The van der Waals surface area contributed by atoms with Gasteiger partial charge in [-0.1, -0.05) is 25.1 Å². The topological polar surface area (TPSA) is 75.6 Å². The number of carboxylic acids is 1. The average Bonchev–Trinajstić information content (AvgIpc) is 2.37. The van der Waals surface area contributed by atoms with Crippen LogP contribution in [0.25, 0.3) is 0 Å². The monoisotopic (exact) mass is 265 g/mol. The van der Waals surface area contributed by atoms with Crippen molar-refractivity contribution in [1.29, 1.82) is 0 Å². The van der Waals surface area contributed by atoms with Crippen molar-refractivity contribution in [3.05, 3.63) is 29.8 Å². The zero-order chi connectivity index (χ0) is 14.4. The van der Waals surface area contributed by atoms with E-state index in [-0.39, 0.29) is 0 Å². The van der Waals surface area contributed by atoms with Gasteiger partial charge in [0.15, 0.2) is 6.10 Å². The Labute approximate surface area is 112 Å². The summed E-state index contributed by atoms with van der Waals surface area (Å²) in [5, 5.41) is 11.2. The molecule has 104 valence electrons. The van der Waals surface area contributed by atoms with Gasteiger partial charge in [-0.15, -0.1) is 0 Å². The van der Waals surface area contributed by atoms with E-state index in [4.69, 9.17) is 9.84 Å². The molecule has 1 amide bonds. The van der Waals surface area contributed by atoms with Crippen LogP contribution in [0.15, 0.2) is 24.3 Å². The molecule has 1 aromatic carbocycles. The quantitative estimate of drug-likeness (QED) is 0.821. The van der Waals surface area contributed by atoms with E-state index in [0.29, 0.717) is 12.2 Å². The van der Waals surface area contributed by atoms with Crippen LogP contribution in [0.3, 0.4) is 0 Å². The highest BCUT2D eigenvalue weighted by molar-refractivity contribution is 5.86. The van der Waals surface area contributed by atoms with Gasteiger partial charge < -0.3 is 15.2 Å². The molecule has 1 unspecified atom stereocenters. The number of carbonyl (C=O) groups excluding carboxylic acids is 1. The highest BCUT2D eigenvalue weighted by atomic mass is 16.5. The van der Waals surface area contributed by atoms with Gasteiger partial charge in [0.25, 0.3) is 5.91 Å². The second-order valence-corrected chi connectivity index (χ2v) is 4.35. The van der Waals surface area contributed by atoms with Gasteiger partial charge in [-0.05, 0) is 31.9 Å². The van der Waals surface area contributed by atoms with Crippen molar-refractivity contribution in [2.24, 2.45) is 0 Å². The molecule has 2 atom stereocenters. The van der Waals surface area contributed by atoms with E-state index >= 15 is 0 Å². The van der Waals surface area contributed by atoms with Gasteiger partial charge in [-0.3, -0.25) is 9.59 Å². The molecule has 0 aromatic heterocycles. The van der Waals surface area contributed by atoms with Crippen molar-refractivity contribution >= 4 is 11.9 Å². The lowest BCUT2D eigenvalue weighted by molar-refractivity contribution is -0.142. The van der Waals surface area contributed by atoms with Gasteiger partial charge in [0.05, 0.1) is 0 Å². The molecule has 0 heterocycles. The summed E-state index contributed by atoms with van der Waals surface area (Å²) in [7, 11) is 0. The smallest absolute Gasteiger partial charge is 0.325 e. The first-order valence-corrected chi connectivity index (χ1v) is 6.21. The van der Waals surface area contributed by atoms with Gasteiger partial charge in [-0.2, -0.15) is 0 Å². The normalized spacial score (nSPS) is 13.4. The van der Waals surface area contributed by atoms with Crippen molar-refractivity contribution in [2.45, 2.75) is 39.3 Å². The van der Waals surface area contributed by atoms with E-state index in [2.05, 4.69) is 5.32 Å². The summed E-state index contributed by atoms with van der Waals surface area (Å²) >= 11 is 0. The summed E-state index contributed by atoms with van der Waals surface area (Å²) in [6.45, 7) is 5.12. The molecule has 0 saturated carbocycles. The van der Waals surface area contributed by atoms with E-state index in [0.717, 1.165) is 5.56 Å². The number of hydrogen-bond donors (Lipinski definition) is 2. The first kappa shape index (κ1) is 15.0. The number of benzene rings is 1. The second kappa shape index (κ2) is 6.78. The molecule has 0 spiro atoms. The lowest BCUT2D eigenvalue weighted by atomic mass is 10.2. The molecule has 5 nitrogen and oxygen atoms in total. The van der Waals surface area contributed by atoms with Crippen molar-refractivity contribution in [2.75, 3.05) is 0 Å². The van der Waals surface area contributed by atoms with Gasteiger partial charge >= 0.3 is 5.97 Å². The van der Waals surface area contributed by atoms with Crippen LogP contribution >= 0.6 is 0 Å². The summed E-state index contributed by atoms with van der Waals surface area (Å²) in [6.07, 6.45) is -0.227. The van der Waals surface area contributed by atoms with Crippen molar-refractivity contribution in [3.63, 3.8) is 0 Å². The van der Waals surface area contributed by atoms with E-state index < -0.39 is 24.0 Å². The van der Waals surface area contributed by atoms with Crippen LogP contribution in [-0.2, 0) is 9.59 Å². The fourth-order valence-electron chi connectivity index (χ4n) is 1.53. The number of nitrogens with one attached hydrogen (secondary N) is 1. The molecule has 5 heteroatoms. The Bertz CT molecular complexity index is 459. The van der Waals surface area contributed by atoms with Gasteiger partial charge in [0.1, 0.15) is 11.8 Å². The first-order chi connectivity index (χ1) is 8.95. The van der Waals surface area contributed by atoms with Crippen molar-refractivity contribution < 1.29 is 19.4 Å². The molecular weight excluding hydrogens is 246 g/mol. The largest absolute Gasteiger partial charge is 0.480 e. The number of ether oxygens (including phenoxy) is 1. The molecule has 0 aliphatic heterocycles. The van der Waals surface area contributed by atoms with Gasteiger partial charge in [-0.25, -0.2) is 0 Å². The third kappa shape index (κ3) is 4.28. The van der Waals surface area contributed by atoms with Crippen molar-refractivity contribution in [1.82, 2.24) is 5.32 Å². The summed E-state index contributed by atoms with van der Waals surface area (Å²) in [5.74, 6) is -0.854. The van der Waals surface area contributed by atoms with Crippen LogP contribution in [0.5, 0.6) is 5.75 Å². The number of carboxylic acid groups (broad SMARTS) is 1. The number of aryl methyl sites for hydroxylation is 1. The maximum absolute atomic E-state index is 11.9. The van der Waals surface area contributed by atoms with E-state index in [1.807, 2.05) is 32.0 Å². The minimum atomic E-state index is -1.07. The molecule has 0 aliphatic carbocycles. The molecule has 0 bridgehead atoms. The summed E-state index contributed by atoms with van der Waals surface area (Å²) in [4.78, 5) is 22.6. The van der Waals surface area contributed by atoms with E-state index in [9.17, 15) is 9.59 Å². The Morgan fingerprint density at radius 2 is 2.00 bits per heavy atom. The van der Waals surface area contributed by atoms with E-state index in [1.54, 1.807) is 6.07 Å². The summed E-state index contributed by atoms with van der Waals surface area (Å²) in [5.41, 5.74) is 0.931. The molecule has 1 rings (SSSR count). The van der Waals surface area contributed by atoms with Crippen LogP contribution in [-0.4, -0.2) is 29.1 Å². The number of para-hydroxylation sites is 1. The Hall–Kier alpha value is -2.04. The fraction of sp³-hybridized carbons (Fsp3) is 0.429. The standard InChI is InChI=1S/C14H19NO4/c1-4-11(13(16)15-10(3)14(17)18)19-12-8-6-5-7-9(12)2/h5-8,10-11H,4H2,1-3H3,(H,15,16)(H,17,18)/t10-,11?/m0/s1. The number of hydrogen-bond acceptors (Lipinski definition) is 3. The van der Waals surface area contributed by atoms with E-state index in [1.165, 1.54) is 6.92 Å². The minimum absolute atomic E-state index is 0.416.